The molecule has 0 spiro atoms. The maximum Gasteiger partial charge on any atom is 0.315 e. The Labute approximate surface area is 63.8 Å². The highest BCUT2D eigenvalue weighted by Gasteiger charge is 2.19. The highest BCUT2D eigenvalue weighted by atomic mass is 16.4. The van der Waals surface area contributed by atoms with Crippen molar-refractivity contribution in [1.82, 2.24) is 10.6 Å². The third-order valence-corrected chi connectivity index (χ3v) is 1.55. The number of carboxylic acid groups (broad SMARTS) is 1. The molecule has 1 saturated heterocycles. The van der Waals surface area contributed by atoms with E-state index in [0.717, 1.165) is 0 Å². The number of urea groups is 1. The van der Waals surface area contributed by atoms with Gasteiger partial charge in [-0.2, -0.15) is 0 Å². The minimum Gasteiger partial charge on any atom is -0.481 e. The molecule has 0 saturated carbocycles. The van der Waals surface area contributed by atoms with E-state index in [2.05, 4.69) is 10.6 Å². The van der Waals surface area contributed by atoms with Crippen molar-refractivity contribution >= 4 is 12.0 Å². The largest absolute Gasteiger partial charge is 0.481 e. The van der Waals surface area contributed by atoms with Gasteiger partial charge in [0.1, 0.15) is 0 Å². The zero-order valence-electron chi connectivity index (χ0n) is 5.96. The number of hydrogen-bond acceptors (Lipinski definition) is 2. The first-order valence-electron chi connectivity index (χ1n) is 3.44. The van der Waals surface area contributed by atoms with Gasteiger partial charge in [-0.05, 0) is 6.42 Å². The molecule has 3 N–H and O–H groups in total. The summed E-state index contributed by atoms with van der Waals surface area (Å²) in [7, 11) is 0. The zero-order chi connectivity index (χ0) is 8.27. The van der Waals surface area contributed by atoms with Gasteiger partial charge in [0.05, 0.1) is 0 Å². The molecule has 0 bridgehead atoms. The molecule has 1 aliphatic rings. The van der Waals surface area contributed by atoms with Gasteiger partial charge in [-0.25, -0.2) is 4.79 Å². The maximum absolute atomic E-state index is 10.5. The van der Waals surface area contributed by atoms with Crippen LogP contribution in [0, 0.1) is 0 Å². The monoisotopic (exact) mass is 158 g/mol. The average Bonchev–Trinajstić information content (AvgIpc) is 2.31. The summed E-state index contributed by atoms with van der Waals surface area (Å²) in [5.41, 5.74) is 0. The van der Waals surface area contributed by atoms with E-state index >= 15 is 0 Å². The number of aliphatic carboxylic acids is 1. The van der Waals surface area contributed by atoms with Crippen molar-refractivity contribution in [2.45, 2.75) is 18.9 Å². The smallest absolute Gasteiger partial charge is 0.315 e. The van der Waals surface area contributed by atoms with Crippen LogP contribution < -0.4 is 10.6 Å². The molecule has 2 amide bonds. The highest BCUT2D eigenvalue weighted by Crippen LogP contribution is 1.99. The number of rotatable bonds is 3. The molecular formula is C6H10N2O3. The molecule has 1 rings (SSSR count). The van der Waals surface area contributed by atoms with E-state index in [4.69, 9.17) is 5.11 Å². The predicted octanol–water partition coefficient (Wildman–Crippen LogP) is -0.467. The third kappa shape index (κ3) is 2.45. The first kappa shape index (κ1) is 7.84. The van der Waals surface area contributed by atoms with Crippen molar-refractivity contribution < 1.29 is 14.7 Å². The van der Waals surface area contributed by atoms with Crippen LogP contribution in [-0.4, -0.2) is 29.7 Å². The second kappa shape index (κ2) is 3.23. The number of carbonyl (C=O) groups is 2. The minimum absolute atomic E-state index is 0.0152. The predicted molar refractivity (Wildman–Crippen MR) is 37.2 cm³/mol. The van der Waals surface area contributed by atoms with Crippen LogP contribution in [0.2, 0.25) is 0 Å². The summed E-state index contributed by atoms with van der Waals surface area (Å²) in [6.07, 6.45) is 0.598. The molecule has 0 aromatic carbocycles. The van der Waals surface area contributed by atoms with E-state index in [0.29, 0.717) is 13.0 Å². The van der Waals surface area contributed by atoms with Gasteiger partial charge in [0.25, 0.3) is 0 Å². The van der Waals surface area contributed by atoms with Crippen molar-refractivity contribution in [3.63, 3.8) is 0 Å². The van der Waals surface area contributed by atoms with Gasteiger partial charge < -0.3 is 15.7 Å². The molecule has 1 atom stereocenters. The minimum atomic E-state index is -0.828. The maximum atomic E-state index is 10.5. The Bertz CT molecular complexity index is 181. The van der Waals surface area contributed by atoms with Crippen LogP contribution in [0.25, 0.3) is 0 Å². The topological polar surface area (TPSA) is 78.4 Å². The van der Waals surface area contributed by atoms with Gasteiger partial charge >= 0.3 is 12.0 Å². The summed E-state index contributed by atoms with van der Waals surface area (Å²) >= 11 is 0. The molecule has 11 heavy (non-hydrogen) atoms. The second-order valence-electron chi connectivity index (χ2n) is 2.48. The molecule has 1 aliphatic heterocycles. The van der Waals surface area contributed by atoms with Gasteiger partial charge in [-0.1, -0.05) is 0 Å². The second-order valence-corrected chi connectivity index (χ2v) is 2.48. The van der Waals surface area contributed by atoms with Crippen LogP contribution in [-0.2, 0) is 4.79 Å². The van der Waals surface area contributed by atoms with Crippen LogP contribution in [0.5, 0.6) is 0 Å². The molecule has 1 heterocycles. The standard InChI is InChI=1S/C6H10N2O3/c9-5(10)2-1-4-3-7-6(11)8-4/h4H,1-3H2,(H,9,10)(H2,7,8,11). The lowest BCUT2D eigenvalue weighted by Crippen LogP contribution is -2.27. The lowest BCUT2D eigenvalue weighted by molar-refractivity contribution is -0.137. The lowest BCUT2D eigenvalue weighted by atomic mass is 10.2. The van der Waals surface area contributed by atoms with Crippen molar-refractivity contribution in [2.24, 2.45) is 0 Å². The van der Waals surface area contributed by atoms with E-state index in [9.17, 15) is 9.59 Å². The number of carbonyl (C=O) groups excluding carboxylic acids is 1. The summed E-state index contributed by atoms with van der Waals surface area (Å²) in [6, 6.07) is -0.223. The quantitative estimate of drug-likeness (QED) is 0.519. The van der Waals surface area contributed by atoms with Gasteiger partial charge in [-0.3, -0.25) is 4.79 Å². The molecule has 5 heteroatoms. The fourth-order valence-corrected chi connectivity index (χ4v) is 0.975. The number of amides is 2. The summed E-state index contributed by atoms with van der Waals surface area (Å²) in [6.45, 7) is 0.534. The Morgan fingerprint density at radius 2 is 2.45 bits per heavy atom. The molecule has 1 fully saturated rings. The average molecular weight is 158 g/mol. The fourth-order valence-electron chi connectivity index (χ4n) is 0.975. The van der Waals surface area contributed by atoms with Crippen molar-refractivity contribution in [1.29, 1.82) is 0 Å². The molecule has 0 aromatic heterocycles. The fraction of sp³-hybridized carbons (Fsp3) is 0.667. The van der Waals surface area contributed by atoms with Crippen LogP contribution in [0.1, 0.15) is 12.8 Å². The van der Waals surface area contributed by atoms with E-state index in [1.54, 1.807) is 0 Å². The molecule has 1 unspecified atom stereocenters. The summed E-state index contributed by atoms with van der Waals surface area (Å²) in [5.74, 6) is -0.828. The number of hydrogen-bond donors (Lipinski definition) is 3. The Kier molecular flexibility index (Phi) is 2.30. The Morgan fingerprint density at radius 3 is 2.91 bits per heavy atom. The van der Waals surface area contributed by atoms with Crippen molar-refractivity contribution in [3.8, 4) is 0 Å². The van der Waals surface area contributed by atoms with E-state index in [-0.39, 0.29) is 18.5 Å². The van der Waals surface area contributed by atoms with Gasteiger partial charge in [0.2, 0.25) is 0 Å². The molecule has 0 radical (unpaired) electrons. The molecule has 62 valence electrons. The molecule has 5 nitrogen and oxygen atoms in total. The summed E-state index contributed by atoms with van der Waals surface area (Å²) in [4.78, 5) is 20.6. The van der Waals surface area contributed by atoms with Crippen LogP contribution in [0.4, 0.5) is 4.79 Å². The number of nitrogens with one attached hydrogen (secondary N) is 2. The Morgan fingerprint density at radius 1 is 1.73 bits per heavy atom. The van der Waals surface area contributed by atoms with Crippen molar-refractivity contribution in [2.75, 3.05) is 6.54 Å². The van der Waals surface area contributed by atoms with E-state index < -0.39 is 5.97 Å². The zero-order valence-corrected chi connectivity index (χ0v) is 5.96. The van der Waals surface area contributed by atoms with E-state index in [1.807, 2.05) is 0 Å². The SMILES string of the molecule is O=C(O)CCC1CNC(=O)N1. The van der Waals surface area contributed by atoms with E-state index in [1.165, 1.54) is 0 Å². The van der Waals surface area contributed by atoms with Crippen LogP contribution >= 0.6 is 0 Å². The first-order valence-corrected chi connectivity index (χ1v) is 3.44. The van der Waals surface area contributed by atoms with Crippen LogP contribution in [0.15, 0.2) is 0 Å². The normalized spacial score (nSPS) is 22.5. The highest BCUT2D eigenvalue weighted by molar-refractivity contribution is 5.76. The van der Waals surface area contributed by atoms with Gasteiger partial charge in [0, 0.05) is 19.0 Å². The molecule has 0 aliphatic carbocycles. The van der Waals surface area contributed by atoms with Crippen molar-refractivity contribution in [3.05, 3.63) is 0 Å². The Balaban J connectivity index is 2.18. The number of carboxylic acids is 1. The lowest BCUT2D eigenvalue weighted by Gasteiger charge is -2.04. The molecule has 0 aromatic rings. The third-order valence-electron chi connectivity index (χ3n) is 1.55. The summed E-state index contributed by atoms with van der Waals surface area (Å²) in [5, 5.41) is 13.5. The molecular weight excluding hydrogens is 148 g/mol. The summed E-state index contributed by atoms with van der Waals surface area (Å²) < 4.78 is 0. The first-order chi connectivity index (χ1) is 5.18. The van der Waals surface area contributed by atoms with Gasteiger partial charge in [-0.15, -0.1) is 0 Å². The van der Waals surface area contributed by atoms with Crippen LogP contribution in [0.3, 0.4) is 0 Å². The Hall–Kier alpha value is -1.26. The van der Waals surface area contributed by atoms with Gasteiger partial charge in [0.15, 0.2) is 0 Å².